The molecule has 0 bridgehead atoms. The number of carbonyl (C=O) groups is 2. The average Bonchev–Trinajstić information content (AvgIpc) is 2.30. The van der Waals surface area contributed by atoms with E-state index < -0.39 is 0 Å². The number of carbonyl (C=O) groups excluding carboxylic acids is 2. The van der Waals surface area contributed by atoms with Crippen molar-refractivity contribution in [1.29, 1.82) is 0 Å². The van der Waals surface area contributed by atoms with Gasteiger partial charge in [0.15, 0.2) is 0 Å². The van der Waals surface area contributed by atoms with E-state index in [-0.39, 0.29) is 17.9 Å². The molecule has 1 saturated heterocycles. The number of ether oxygens (including phenoxy) is 1. The molecular formula is C11H18N2O3. The molecule has 0 saturated carbocycles. The first-order chi connectivity index (χ1) is 7.69. The second kappa shape index (κ2) is 6.15. The van der Waals surface area contributed by atoms with Gasteiger partial charge in [-0.3, -0.25) is 4.79 Å². The minimum absolute atomic E-state index is 0.190. The van der Waals surface area contributed by atoms with E-state index >= 15 is 0 Å². The maximum absolute atomic E-state index is 11.5. The van der Waals surface area contributed by atoms with Crippen molar-refractivity contribution in [2.75, 3.05) is 19.7 Å². The molecular weight excluding hydrogens is 208 g/mol. The Morgan fingerprint density at radius 3 is 3.00 bits per heavy atom. The van der Waals surface area contributed by atoms with Gasteiger partial charge in [-0.2, -0.15) is 0 Å². The molecule has 0 spiro atoms. The van der Waals surface area contributed by atoms with Crippen LogP contribution in [-0.4, -0.2) is 36.6 Å². The molecule has 1 aliphatic heterocycles. The Morgan fingerprint density at radius 1 is 1.62 bits per heavy atom. The molecule has 5 heteroatoms. The second-order valence-electron chi connectivity index (χ2n) is 3.69. The van der Waals surface area contributed by atoms with Crippen molar-refractivity contribution in [2.45, 2.75) is 19.8 Å². The summed E-state index contributed by atoms with van der Waals surface area (Å²) in [4.78, 5) is 24.7. The molecule has 16 heavy (non-hydrogen) atoms. The van der Waals surface area contributed by atoms with E-state index in [0.717, 1.165) is 12.8 Å². The van der Waals surface area contributed by atoms with E-state index in [2.05, 4.69) is 11.9 Å². The zero-order chi connectivity index (χ0) is 12.0. The summed E-state index contributed by atoms with van der Waals surface area (Å²) in [6, 6.07) is -0.205. The van der Waals surface area contributed by atoms with Gasteiger partial charge < -0.3 is 15.0 Å². The normalized spacial score (nSPS) is 20.1. The van der Waals surface area contributed by atoms with E-state index in [1.54, 1.807) is 11.8 Å². The maximum atomic E-state index is 11.5. The molecule has 1 rings (SSSR count). The van der Waals surface area contributed by atoms with Crippen molar-refractivity contribution >= 4 is 12.0 Å². The van der Waals surface area contributed by atoms with E-state index in [0.29, 0.717) is 19.7 Å². The molecule has 5 nitrogen and oxygen atoms in total. The molecule has 0 aromatic heterocycles. The lowest BCUT2D eigenvalue weighted by Gasteiger charge is -2.31. The summed E-state index contributed by atoms with van der Waals surface area (Å²) in [5.41, 5.74) is 0. The molecule has 0 aromatic carbocycles. The zero-order valence-corrected chi connectivity index (χ0v) is 9.57. The number of nitrogens with zero attached hydrogens (tertiary/aromatic N) is 1. The van der Waals surface area contributed by atoms with E-state index in [1.165, 1.54) is 6.20 Å². The number of likely N-dealkylation sites (tertiary alicyclic amines) is 1. The van der Waals surface area contributed by atoms with Crippen LogP contribution < -0.4 is 5.32 Å². The quantitative estimate of drug-likeness (QED) is 0.733. The third kappa shape index (κ3) is 3.25. The fraction of sp³-hybridized carbons (Fsp3) is 0.636. The van der Waals surface area contributed by atoms with Gasteiger partial charge in [-0.25, -0.2) is 4.79 Å². The highest BCUT2D eigenvalue weighted by atomic mass is 16.5. The molecule has 0 aliphatic carbocycles. The lowest BCUT2D eigenvalue weighted by atomic mass is 9.98. The van der Waals surface area contributed by atoms with Gasteiger partial charge in [0.05, 0.1) is 12.5 Å². The third-order valence-electron chi connectivity index (χ3n) is 2.55. The predicted molar refractivity (Wildman–Crippen MR) is 59.7 cm³/mol. The van der Waals surface area contributed by atoms with Crippen LogP contribution in [-0.2, 0) is 9.53 Å². The van der Waals surface area contributed by atoms with E-state index in [1.807, 2.05) is 0 Å². The topological polar surface area (TPSA) is 58.6 Å². The number of nitrogens with one attached hydrogen (secondary N) is 1. The Kier molecular flexibility index (Phi) is 4.82. The van der Waals surface area contributed by atoms with E-state index in [4.69, 9.17) is 4.74 Å². The van der Waals surface area contributed by atoms with E-state index in [9.17, 15) is 9.59 Å². The van der Waals surface area contributed by atoms with Crippen LogP contribution in [0.15, 0.2) is 12.8 Å². The van der Waals surface area contributed by atoms with Crippen LogP contribution in [0.2, 0.25) is 0 Å². The highest BCUT2D eigenvalue weighted by Gasteiger charge is 2.28. The Balaban J connectivity index is 2.49. The third-order valence-corrected chi connectivity index (χ3v) is 2.55. The second-order valence-corrected chi connectivity index (χ2v) is 3.69. The maximum Gasteiger partial charge on any atom is 0.321 e. The minimum atomic E-state index is -0.210. The Hall–Kier alpha value is -1.52. The van der Waals surface area contributed by atoms with Crippen molar-refractivity contribution in [3.8, 4) is 0 Å². The average molecular weight is 226 g/mol. The molecule has 1 N–H and O–H groups in total. The number of piperidine rings is 1. The van der Waals surface area contributed by atoms with Crippen LogP contribution in [0.4, 0.5) is 4.79 Å². The molecule has 1 aliphatic rings. The highest BCUT2D eigenvalue weighted by molar-refractivity contribution is 5.77. The van der Waals surface area contributed by atoms with Crippen LogP contribution in [0.5, 0.6) is 0 Å². The Morgan fingerprint density at radius 2 is 2.38 bits per heavy atom. The molecule has 90 valence electrons. The van der Waals surface area contributed by atoms with Gasteiger partial charge in [-0.05, 0) is 26.0 Å². The zero-order valence-electron chi connectivity index (χ0n) is 9.57. The molecule has 0 aromatic rings. The molecule has 1 atom stereocenters. The van der Waals surface area contributed by atoms with Crippen LogP contribution >= 0.6 is 0 Å². The molecule has 1 heterocycles. The SMILES string of the molecule is C=CNC(=O)N1CCCC(C(=O)OCC)C1. The first-order valence-electron chi connectivity index (χ1n) is 5.52. The number of rotatable bonds is 3. The van der Waals surface area contributed by atoms with Crippen molar-refractivity contribution in [1.82, 2.24) is 10.2 Å². The minimum Gasteiger partial charge on any atom is -0.466 e. The van der Waals surface area contributed by atoms with Crippen LogP contribution in [0, 0.1) is 5.92 Å². The number of urea groups is 1. The van der Waals surface area contributed by atoms with Crippen LogP contribution in [0.1, 0.15) is 19.8 Å². The van der Waals surface area contributed by atoms with Crippen LogP contribution in [0.25, 0.3) is 0 Å². The summed E-state index contributed by atoms with van der Waals surface area (Å²) < 4.78 is 4.95. The van der Waals surface area contributed by atoms with Gasteiger partial charge >= 0.3 is 12.0 Å². The number of esters is 1. The summed E-state index contributed by atoms with van der Waals surface area (Å²) >= 11 is 0. The van der Waals surface area contributed by atoms with Crippen molar-refractivity contribution in [3.05, 3.63) is 12.8 Å². The van der Waals surface area contributed by atoms with Gasteiger partial charge in [-0.15, -0.1) is 0 Å². The number of hydrogen-bond donors (Lipinski definition) is 1. The fourth-order valence-electron chi connectivity index (χ4n) is 1.79. The summed E-state index contributed by atoms with van der Waals surface area (Å²) in [7, 11) is 0. The van der Waals surface area contributed by atoms with Gasteiger partial charge in [0, 0.05) is 13.1 Å². The van der Waals surface area contributed by atoms with Gasteiger partial charge in [0.1, 0.15) is 0 Å². The number of amides is 2. The lowest BCUT2D eigenvalue weighted by Crippen LogP contribution is -2.46. The van der Waals surface area contributed by atoms with Gasteiger partial charge in [0.2, 0.25) is 0 Å². The summed E-state index contributed by atoms with van der Waals surface area (Å²) in [6.07, 6.45) is 2.96. The largest absolute Gasteiger partial charge is 0.466 e. The molecule has 1 fully saturated rings. The summed E-state index contributed by atoms with van der Waals surface area (Å²) in [6.45, 7) is 6.70. The summed E-state index contributed by atoms with van der Waals surface area (Å²) in [5, 5.41) is 2.51. The lowest BCUT2D eigenvalue weighted by molar-refractivity contribution is -0.149. The first kappa shape index (κ1) is 12.5. The number of hydrogen-bond acceptors (Lipinski definition) is 3. The predicted octanol–water partition coefficient (Wildman–Crippen LogP) is 1.11. The van der Waals surface area contributed by atoms with Gasteiger partial charge in [-0.1, -0.05) is 6.58 Å². The first-order valence-corrected chi connectivity index (χ1v) is 5.52. The monoisotopic (exact) mass is 226 g/mol. The highest BCUT2D eigenvalue weighted by Crippen LogP contribution is 2.17. The molecule has 1 unspecified atom stereocenters. The van der Waals surface area contributed by atoms with Crippen molar-refractivity contribution in [3.63, 3.8) is 0 Å². The Bertz CT molecular complexity index is 278. The standard InChI is InChI=1S/C11H18N2O3/c1-3-12-11(15)13-7-5-6-9(8-13)10(14)16-4-2/h3,9H,1,4-8H2,2H3,(H,12,15). The molecule has 0 radical (unpaired) electrons. The fourth-order valence-corrected chi connectivity index (χ4v) is 1.79. The van der Waals surface area contributed by atoms with Crippen LogP contribution in [0.3, 0.4) is 0 Å². The Labute approximate surface area is 95.4 Å². The van der Waals surface area contributed by atoms with Gasteiger partial charge in [0.25, 0.3) is 0 Å². The van der Waals surface area contributed by atoms with Crippen molar-refractivity contribution < 1.29 is 14.3 Å². The van der Waals surface area contributed by atoms with Crippen molar-refractivity contribution in [2.24, 2.45) is 5.92 Å². The molecule has 2 amide bonds. The summed E-state index contributed by atoms with van der Waals surface area (Å²) in [5.74, 6) is -0.400. The smallest absolute Gasteiger partial charge is 0.321 e.